The van der Waals surface area contributed by atoms with E-state index < -0.39 is 5.97 Å². The summed E-state index contributed by atoms with van der Waals surface area (Å²) in [5.41, 5.74) is 0. The van der Waals surface area contributed by atoms with Gasteiger partial charge in [-0.25, -0.2) is 9.13 Å². The normalized spacial score (nSPS) is 11.8. The third kappa shape index (κ3) is 26.7. The van der Waals surface area contributed by atoms with Crippen molar-refractivity contribution in [2.45, 2.75) is 201 Å². The average molecular weight is 549 g/mol. The Bertz CT molecular complexity index is 624. The number of hydrogen-bond acceptors (Lipinski definition) is 2. The Balaban J connectivity index is 0.00000336. The Labute approximate surface area is 244 Å². The van der Waals surface area contributed by atoms with Gasteiger partial charge < -0.3 is 9.90 Å². The van der Waals surface area contributed by atoms with Crippen LogP contribution in [0.2, 0.25) is 0 Å². The van der Waals surface area contributed by atoms with Crippen LogP contribution in [0.15, 0.2) is 18.7 Å². The lowest BCUT2D eigenvalue weighted by molar-refractivity contribution is -0.697. The number of carbonyl (C=O) groups is 1. The number of aliphatic carboxylic acids is 1. The van der Waals surface area contributed by atoms with Crippen LogP contribution in [-0.2, 0) is 11.3 Å². The molecule has 1 unspecified atom stereocenters. The molecule has 0 fully saturated rings. The first-order valence-corrected chi connectivity index (χ1v) is 17.3. The summed E-state index contributed by atoms with van der Waals surface area (Å²) in [5.74, 6) is -1.08. The molecule has 1 rings (SSSR count). The first-order valence-electron chi connectivity index (χ1n) is 17.3. The summed E-state index contributed by atoms with van der Waals surface area (Å²) in [6.45, 7) is 9.13. The minimum absolute atomic E-state index is 0.691. The molecule has 0 saturated heterocycles. The van der Waals surface area contributed by atoms with Crippen molar-refractivity contribution < 1.29 is 14.5 Å². The van der Waals surface area contributed by atoms with Crippen molar-refractivity contribution in [3.8, 4) is 0 Å². The number of imidazole rings is 1. The van der Waals surface area contributed by atoms with Gasteiger partial charge in [0.05, 0.1) is 6.54 Å². The quantitative estimate of drug-likeness (QED) is 0.0811. The van der Waals surface area contributed by atoms with E-state index in [9.17, 15) is 0 Å². The second-order valence-electron chi connectivity index (χ2n) is 11.9. The molecule has 0 N–H and O–H groups in total. The minimum Gasteiger partial charge on any atom is -0.550 e. The standard InChI is InChI=1S/C33H65N2.C2H4O2/c1-4-7-9-11-13-15-17-18-19-20-22-24-26-28-33(6-3)35-31-30-34(32-35)29-27-25-23-21-16-14-12-10-8-5-2;1-2(3)4/h30-33H,4-29H2,1-3H3;1H3,(H,3,4)/q+1;/p-1. The maximum absolute atomic E-state index is 8.89. The zero-order valence-corrected chi connectivity index (χ0v) is 26.9. The van der Waals surface area contributed by atoms with E-state index in [1.54, 1.807) is 0 Å². The highest BCUT2D eigenvalue weighted by Gasteiger charge is 2.14. The first-order chi connectivity index (χ1) is 19.0. The monoisotopic (exact) mass is 549 g/mol. The van der Waals surface area contributed by atoms with E-state index in [1.165, 1.54) is 167 Å². The summed E-state index contributed by atoms with van der Waals surface area (Å²) < 4.78 is 4.92. The fourth-order valence-electron chi connectivity index (χ4n) is 5.50. The van der Waals surface area contributed by atoms with Gasteiger partial charge in [-0.15, -0.1) is 0 Å². The molecule has 0 saturated carbocycles. The molecule has 0 radical (unpaired) electrons. The van der Waals surface area contributed by atoms with Gasteiger partial charge in [-0.05, 0) is 39.0 Å². The number of carbonyl (C=O) groups excluding carboxylic acids is 1. The summed E-state index contributed by atoms with van der Waals surface area (Å²) in [7, 11) is 0. The van der Waals surface area contributed by atoms with Gasteiger partial charge in [-0.2, -0.15) is 0 Å². The molecule has 1 aromatic rings. The summed E-state index contributed by atoms with van der Waals surface area (Å²) in [6, 6.07) is 0.691. The van der Waals surface area contributed by atoms with Crippen molar-refractivity contribution in [2.75, 3.05) is 0 Å². The largest absolute Gasteiger partial charge is 0.550 e. The van der Waals surface area contributed by atoms with Crippen LogP contribution < -0.4 is 9.67 Å². The van der Waals surface area contributed by atoms with Crippen LogP contribution in [0, 0.1) is 0 Å². The first kappa shape index (κ1) is 37.7. The van der Waals surface area contributed by atoms with Crippen LogP contribution in [0.3, 0.4) is 0 Å². The second-order valence-corrected chi connectivity index (χ2v) is 11.9. The van der Waals surface area contributed by atoms with E-state index in [-0.39, 0.29) is 0 Å². The van der Waals surface area contributed by atoms with Crippen LogP contribution in [0.4, 0.5) is 0 Å². The lowest BCUT2D eigenvalue weighted by Gasteiger charge is -2.11. The van der Waals surface area contributed by atoms with E-state index in [2.05, 4.69) is 48.6 Å². The number of nitrogens with zero attached hydrogens (tertiary/aromatic N) is 2. The zero-order valence-electron chi connectivity index (χ0n) is 26.9. The van der Waals surface area contributed by atoms with Crippen LogP contribution in [0.5, 0.6) is 0 Å². The van der Waals surface area contributed by atoms with E-state index in [0.29, 0.717) is 6.04 Å². The van der Waals surface area contributed by atoms with Gasteiger partial charge >= 0.3 is 0 Å². The maximum atomic E-state index is 8.89. The Morgan fingerprint density at radius 2 is 1.00 bits per heavy atom. The zero-order chi connectivity index (χ0) is 28.8. The summed E-state index contributed by atoms with van der Waals surface area (Å²) in [5, 5.41) is 8.89. The average Bonchev–Trinajstić information content (AvgIpc) is 3.38. The molecule has 4 heteroatoms. The second kappa shape index (κ2) is 29.7. The number of carboxylic acids is 1. The Kier molecular flexibility index (Phi) is 28.7. The van der Waals surface area contributed by atoms with Crippen molar-refractivity contribution in [1.82, 2.24) is 4.57 Å². The third-order valence-corrected chi connectivity index (χ3v) is 8.02. The van der Waals surface area contributed by atoms with Gasteiger partial charge in [0.1, 0.15) is 18.4 Å². The number of carboxylic acid groups (broad SMARTS) is 1. The predicted octanol–water partition coefficient (Wildman–Crippen LogP) is 9.89. The molecule has 1 atom stereocenters. The highest BCUT2D eigenvalue weighted by Crippen LogP contribution is 2.20. The Hall–Kier alpha value is -1.32. The molecule has 0 aliphatic rings. The molecule has 0 aromatic carbocycles. The van der Waals surface area contributed by atoms with Crippen LogP contribution in [0.25, 0.3) is 0 Å². The lowest BCUT2D eigenvalue weighted by Crippen LogP contribution is -2.31. The van der Waals surface area contributed by atoms with Gasteiger partial charge in [0, 0.05) is 5.97 Å². The fourth-order valence-corrected chi connectivity index (χ4v) is 5.50. The van der Waals surface area contributed by atoms with Gasteiger partial charge in [0.15, 0.2) is 0 Å². The summed E-state index contributed by atoms with van der Waals surface area (Å²) in [6.07, 6.45) is 42.6. The van der Waals surface area contributed by atoms with E-state index in [0.717, 1.165) is 6.92 Å². The van der Waals surface area contributed by atoms with Gasteiger partial charge in [-0.3, -0.25) is 0 Å². The van der Waals surface area contributed by atoms with Gasteiger partial charge in [0.2, 0.25) is 6.33 Å². The van der Waals surface area contributed by atoms with Crippen LogP contribution in [0.1, 0.15) is 194 Å². The van der Waals surface area contributed by atoms with Crippen LogP contribution >= 0.6 is 0 Å². The topological polar surface area (TPSA) is 48.9 Å². The molecule has 0 aliphatic heterocycles. The molecular formula is C35H68N2O2. The Morgan fingerprint density at radius 1 is 0.641 bits per heavy atom. The molecule has 4 nitrogen and oxygen atoms in total. The molecule has 0 aliphatic carbocycles. The number of rotatable bonds is 27. The fraction of sp³-hybridized carbons (Fsp3) is 0.886. The van der Waals surface area contributed by atoms with Gasteiger partial charge in [0.25, 0.3) is 0 Å². The van der Waals surface area contributed by atoms with Gasteiger partial charge in [-0.1, -0.05) is 149 Å². The lowest BCUT2D eigenvalue weighted by atomic mass is 10.0. The smallest absolute Gasteiger partial charge is 0.243 e. The maximum Gasteiger partial charge on any atom is 0.243 e. The molecule has 0 amide bonds. The number of aromatic nitrogens is 2. The molecule has 230 valence electrons. The molecule has 1 heterocycles. The van der Waals surface area contributed by atoms with E-state index >= 15 is 0 Å². The van der Waals surface area contributed by atoms with Crippen molar-refractivity contribution >= 4 is 5.97 Å². The minimum atomic E-state index is -1.08. The number of aryl methyl sites for hydroxylation is 1. The number of hydrogen-bond donors (Lipinski definition) is 0. The highest BCUT2D eigenvalue weighted by molar-refractivity contribution is 5.60. The number of unbranched alkanes of at least 4 members (excludes halogenated alkanes) is 21. The van der Waals surface area contributed by atoms with Crippen LogP contribution in [-0.4, -0.2) is 10.5 Å². The van der Waals surface area contributed by atoms with Crippen molar-refractivity contribution in [2.24, 2.45) is 0 Å². The van der Waals surface area contributed by atoms with Crippen molar-refractivity contribution in [3.05, 3.63) is 18.7 Å². The SMILES string of the molecule is CC(=O)[O-].CCCCCCCCCCCCCCCC(CC)n1cc[n+](CCCCCCCCCCCC)c1. The highest BCUT2D eigenvalue weighted by atomic mass is 16.4. The molecule has 0 spiro atoms. The third-order valence-electron chi connectivity index (χ3n) is 8.02. The Morgan fingerprint density at radius 3 is 1.38 bits per heavy atom. The molecule has 0 bridgehead atoms. The predicted molar refractivity (Wildman–Crippen MR) is 167 cm³/mol. The van der Waals surface area contributed by atoms with E-state index in [4.69, 9.17) is 9.90 Å². The molecule has 1 aromatic heterocycles. The summed E-state index contributed by atoms with van der Waals surface area (Å²) >= 11 is 0. The summed E-state index contributed by atoms with van der Waals surface area (Å²) in [4.78, 5) is 8.89. The molecule has 39 heavy (non-hydrogen) atoms. The molecular weight excluding hydrogens is 480 g/mol. The van der Waals surface area contributed by atoms with Crippen molar-refractivity contribution in [1.29, 1.82) is 0 Å². The van der Waals surface area contributed by atoms with Crippen molar-refractivity contribution in [3.63, 3.8) is 0 Å². The van der Waals surface area contributed by atoms with E-state index in [1.807, 2.05) is 0 Å².